The largest absolute Gasteiger partial charge is 0.319 e. The van der Waals surface area contributed by atoms with Crippen molar-refractivity contribution in [1.82, 2.24) is 5.32 Å². The summed E-state index contributed by atoms with van der Waals surface area (Å²) < 4.78 is 13.2. The van der Waals surface area contributed by atoms with E-state index in [1.807, 2.05) is 13.1 Å². The zero-order valence-electron chi connectivity index (χ0n) is 7.81. The van der Waals surface area contributed by atoms with Gasteiger partial charge in [0.1, 0.15) is 5.82 Å². The van der Waals surface area contributed by atoms with Crippen molar-refractivity contribution in [3.05, 3.63) is 41.7 Å². The summed E-state index contributed by atoms with van der Waals surface area (Å²) in [6.45, 7) is 4.40. The molecule has 1 rings (SSSR count). The maximum absolute atomic E-state index is 13.2. The normalized spacial score (nSPS) is 10.0. The quantitative estimate of drug-likeness (QED) is 0.747. The van der Waals surface area contributed by atoms with Crippen LogP contribution in [0.25, 0.3) is 6.08 Å². The van der Waals surface area contributed by atoms with Gasteiger partial charge in [-0.05, 0) is 31.6 Å². The van der Waals surface area contributed by atoms with E-state index in [1.54, 1.807) is 12.1 Å². The van der Waals surface area contributed by atoms with Crippen LogP contribution in [-0.4, -0.2) is 13.6 Å². The Balaban J connectivity index is 2.77. The summed E-state index contributed by atoms with van der Waals surface area (Å²) in [4.78, 5) is 0. The Bertz CT molecular complexity index is 294. The maximum atomic E-state index is 13.2. The van der Waals surface area contributed by atoms with E-state index in [4.69, 9.17) is 0 Å². The molecule has 0 fully saturated rings. The fraction of sp³-hybridized carbons (Fsp3) is 0.273. The molecule has 0 saturated heterocycles. The second kappa shape index (κ2) is 4.77. The lowest BCUT2D eigenvalue weighted by Gasteiger charge is -2.02. The highest BCUT2D eigenvalue weighted by Gasteiger charge is 1.99. The van der Waals surface area contributed by atoms with Crippen molar-refractivity contribution in [2.75, 3.05) is 13.6 Å². The fourth-order valence-corrected chi connectivity index (χ4v) is 1.16. The van der Waals surface area contributed by atoms with Crippen molar-refractivity contribution in [2.45, 2.75) is 6.42 Å². The first-order valence-electron chi connectivity index (χ1n) is 4.33. The second-order valence-electron chi connectivity index (χ2n) is 2.91. The van der Waals surface area contributed by atoms with Crippen LogP contribution >= 0.6 is 0 Å². The summed E-state index contributed by atoms with van der Waals surface area (Å²) in [5.74, 6) is -0.191. The smallest absolute Gasteiger partial charge is 0.130 e. The number of hydrogen-bond acceptors (Lipinski definition) is 1. The van der Waals surface area contributed by atoms with E-state index in [0.29, 0.717) is 5.56 Å². The molecular formula is C11H14FN. The van der Waals surface area contributed by atoms with Gasteiger partial charge in [-0.2, -0.15) is 0 Å². The van der Waals surface area contributed by atoms with Gasteiger partial charge >= 0.3 is 0 Å². The molecule has 0 heterocycles. The van der Waals surface area contributed by atoms with Crippen molar-refractivity contribution in [3.63, 3.8) is 0 Å². The van der Waals surface area contributed by atoms with Gasteiger partial charge in [-0.1, -0.05) is 24.8 Å². The lowest BCUT2D eigenvalue weighted by atomic mass is 10.1. The average Bonchev–Trinajstić information content (AvgIpc) is 2.15. The Morgan fingerprint density at radius 3 is 2.85 bits per heavy atom. The van der Waals surface area contributed by atoms with Crippen molar-refractivity contribution < 1.29 is 4.39 Å². The van der Waals surface area contributed by atoms with E-state index < -0.39 is 0 Å². The summed E-state index contributed by atoms with van der Waals surface area (Å²) in [5.41, 5.74) is 1.57. The molecule has 0 radical (unpaired) electrons. The third-order valence-corrected chi connectivity index (χ3v) is 1.95. The van der Waals surface area contributed by atoms with Crippen LogP contribution in [0.2, 0.25) is 0 Å². The topological polar surface area (TPSA) is 12.0 Å². The van der Waals surface area contributed by atoms with E-state index in [0.717, 1.165) is 18.5 Å². The van der Waals surface area contributed by atoms with Crippen LogP contribution in [0, 0.1) is 5.82 Å². The van der Waals surface area contributed by atoms with Crippen molar-refractivity contribution >= 4 is 6.08 Å². The molecule has 0 aliphatic rings. The Morgan fingerprint density at radius 1 is 1.54 bits per heavy atom. The minimum Gasteiger partial charge on any atom is -0.319 e. The molecule has 0 unspecified atom stereocenters. The standard InChI is InChI=1S/C11H14FN/c1-3-10-5-4-9(6-7-13-2)8-11(10)12/h3-5,8,13H,1,6-7H2,2H3. The number of benzene rings is 1. The predicted molar refractivity (Wildman–Crippen MR) is 54.1 cm³/mol. The molecule has 0 aliphatic heterocycles. The van der Waals surface area contributed by atoms with Crippen molar-refractivity contribution in [3.8, 4) is 0 Å². The zero-order chi connectivity index (χ0) is 9.68. The average molecular weight is 179 g/mol. The van der Waals surface area contributed by atoms with E-state index in [1.165, 1.54) is 6.08 Å². The highest BCUT2D eigenvalue weighted by Crippen LogP contribution is 2.11. The fourth-order valence-electron chi connectivity index (χ4n) is 1.16. The Kier molecular flexibility index (Phi) is 3.65. The molecule has 0 amide bonds. The summed E-state index contributed by atoms with van der Waals surface area (Å²) in [6, 6.07) is 5.25. The first-order chi connectivity index (χ1) is 6.27. The number of likely N-dealkylation sites (N-methyl/N-ethyl adjacent to an activating group) is 1. The van der Waals surface area contributed by atoms with E-state index in [9.17, 15) is 4.39 Å². The lowest BCUT2D eigenvalue weighted by molar-refractivity contribution is 0.622. The second-order valence-corrected chi connectivity index (χ2v) is 2.91. The van der Waals surface area contributed by atoms with Gasteiger partial charge in [0.2, 0.25) is 0 Å². The molecule has 0 bridgehead atoms. The van der Waals surface area contributed by atoms with Crippen LogP contribution in [0.1, 0.15) is 11.1 Å². The van der Waals surface area contributed by atoms with Crippen LogP contribution in [-0.2, 0) is 6.42 Å². The lowest BCUT2D eigenvalue weighted by Crippen LogP contribution is -2.10. The summed E-state index contributed by atoms with van der Waals surface area (Å²) >= 11 is 0. The minimum absolute atomic E-state index is 0.191. The molecule has 70 valence electrons. The third-order valence-electron chi connectivity index (χ3n) is 1.95. The van der Waals surface area contributed by atoms with E-state index in [2.05, 4.69) is 11.9 Å². The number of nitrogens with one attached hydrogen (secondary N) is 1. The van der Waals surface area contributed by atoms with Crippen molar-refractivity contribution in [1.29, 1.82) is 0 Å². The van der Waals surface area contributed by atoms with Crippen LogP contribution in [0.15, 0.2) is 24.8 Å². The van der Waals surface area contributed by atoms with Crippen LogP contribution in [0.3, 0.4) is 0 Å². The first kappa shape index (κ1) is 9.93. The van der Waals surface area contributed by atoms with Gasteiger partial charge in [-0.25, -0.2) is 4.39 Å². The molecule has 13 heavy (non-hydrogen) atoms. The minimum atomic E-state index is -0.191. The zero-order valence-corrected chi connectivity index (χ0v) is 7.81. The van der Waals surface area contributed by atoms with Crippen LogP contribution in [0.5, 0.6) is 0 Å². The molecule has 1 aromatic carbocycles. The molecule has 1 nitrogen and oxygen atoms in total. The molecule has 1 aromatic rings. The maximum Gasteiger partial charge on any atom is 0.130 e. The Hall–Kier alpha value is -1.15. The van der Waals surface area contributed by atoms with Crippen molar-refractivity contribution in [2.24, 2.45) is 0 Å². The van der Waals surface area contributed by atoms with Gasteiger partial charge in [0, 0.05) is 5.56 Å². The summed E-state index contributed by atoms with van der Waals surface area (Å²) in [6.07, 6.45) is 2.38. The molecule has 0 aliphatic carbocycles. The van der Waals surface area contributed by atoms with Gasteiger partial charge in [0.15, 0.2) is 0 Å². The number of rotatable bonds is 4. The van der Waals surface area contributed by atoms with Gasteiger partial charge in [0.05, 0.1) is 0 Å². The highest BCUT2D eigenvalue weighted by atomic mass is 19.1. The highest BCUT2D eigenvalue weighted by molar-refractivity contribution is 5.48. The number of halogens is 1. The molecule has 0 saturated carbocycles. The SMILES string of the molecule is C=Cc1ccc(CCNC)cc1F. The summed E-state index contributed by atoms with van der Waals surface area (Å²) in [5, 5.41) is 3.02. The summed E-state index contributed by atoms with van der Waals surface area (Å²) in [7, 11) is 1.88. The molecule has 2 heteroatoms. The Labute approximate surface area is 78.3 Å². The molecule has 0 spiro atoms. The molecular weight excluding hydrogens is 165 g/mol. The molecule has 1 N–H and O–H groups in total. The van der Waals surface area contributed by atoms with Gasteiger partial charge in [0.25, 0.3) is 0 Å². The van der Waals surface area contributed by atoms with Gasteiger partial charge < -0.3 is 5.32 Å². The molecule has 0 aromatic heterocycles. The van der Waals surface area contributed by atoms with Crippen LogP contribution in [0.4, 0.5) is 4.39 Å². The first-order valence-corrected chi connectivity index (χ1v) is 4.33. The predicted octanol–water partition coefficient (Wildman–Crippen LogP) is 2.23. The monoisotopic (exact) mass is 179 g/mol. The van der Waals surface area contributed by atoms with E-state index >= 15 is 0 Å². The number of hydrogen-bond donors (Lipinski definition) is 1. The van der Waals surface area contributed by atoms with E-state index in [-0.39, 0.29) is 5.82 Å². The Morgan fingerprint density at radius 2 is 2.31 bits per heavy atom. The third kappa shape index (κ3) is 2.67. The van der Waals surface area contributed by atoms with Crippen LogP contribution < -0.4 is 5.32 Å². The molecule has 0 atom stereocenters. The van der Waals surface area contributed by atoms with Gasteiger partial charge in [-0.15, -0.1) is 0 Å². The van der Waals surface area contributed by atoms with Gasteiger partial charge in [-0.3, -0.25) is 0 Å².